The van der Waals surface area contributed by atoms with Crippen LogP contribution in [-0.4, -0.2) is 9.97 Å². The molecule has 0 saturated heterocycles. The largest absolute Gasteiger partial charge is 0.248 e. The summed E-state index contributed by atoms with van der Waals surface area (Å²) in [4.78, 5) is 10.6. The smallest absolute Gasteiger partial charge is 0.0998 e. The van der Waals surface area contributed by atoms with Crippen molar-refractivity contribution in [1.29, 1.82) is 10.5 Å². The fourth-order valence-electron chi connectivity index (χ4n) is 7.04. The Balaban J connectivity index is 1.31. The van der Waals surface area contributed by atoms with Gasteiger partial charge in [0.1, 0.15) is 0 Å². The molecule has 0 atom stereocenters. The number of nitrogens with zero attached hydrogens (tertiary/aromatic N) is 4. The van der Waals surface area contributed by atoms with Crippen molar-refractivity contribution in [3.05, 3.63) is 142 Å². The summed E-state index contributed by atoms with van der Waals surface area (Å²) in [5, 5.41) is 25.2. The molecule has 4 nitrogen and oxygen atoms in total. The van der Waals surface area contributed by atoms with E-state index in [-0.39, 0.29) is 11.8 Å². The van der Waals surface area contributed by atoms with E-state index >= 15 is 0 Å². The van der Waals surface area contributed by atoms with E-state index in [2.05, 4.69) is 84.9 Å². The maximum atomic E-state index is 9.68. The molecule has 2 bridgehead atoms. The van der Waals surface area contributed by atoms with E-state index in [0.29, 0.717) is 11.1 Å². The molecule has 10 rings (SSSR count). The predicted octanol–water partition coefficient (Wildman–Crippen LogP) is 7.82. The van der Waals surface area contributed by atoms with Crippen molar-refractivity contribution in [3.8, 4) is 12.1 Å². The Labute approximate surface area is 229 Å². The molecule has 1 heterocycles. The molecule has 0 fully saturated rings. The second kappa shape index (κ2) is 7.50. The molecule has 4 heteroatoms. The standard InChI is InChI=1S/C36H18N4/c37-17-19-9-10-20(18-38)30-14-22-12-24-16-32-31(15-23(24)11-21(22)13-29(19)30)39-35-33-25-5-1-2-6-26(25)34(36(35)40-32)28-8-4-3-7-27(28)33/h1-16,33-34H. The Morgan fingerprint density at radius 1 is 0.475 bits per heavy atom. The van der Waals surface area contributed by atoms with Gasteiger partial charge in [-0.2, -0.15) is 10.5 Å². The highest BCUT2D eigenvalue weighted by molar-refractivity contribution is 6.09. The Hall–Kier alpha value is -5.58. The lowest BCUT2D eigenvalue weighted by atomic mass is 9.64. The lowest BCUT2D eigenvalue weighted by Crippen LogP contribution is -2.29. The first-order valence-electron chi connectivity index (χ1n) is 13.4. The van der Waals surface area contributed by atoms with Crippen LogP contribution in [-0.2, 0) is 0 Å². The molecule has 182 valence electrons. The van der Waals surface area contributed by atoms with E-state index in [1.807, 2.05) is 12.1 Å². The normalized spacial score (nSPS) is 16.4. The minimum atomic E-state index is 0.0849. The third kappa shape index (κ3) is 2.67. The quantitative estimate of drug-likeness (QED) is 0.197. The lowest BCUT2D eigenvalue weighted by Gasteiger charge is -2.40. The topological polar surface area (TPSA) is 73.4 Å². The summed E-state index contributed by atoms with van der Waals surface area (Å²) in [5.41, 5.74) is 10.4. The van der Waals surface area contributed by atoms with Crippen molar-refractivity contribution in [2.75, 3.05) is 0 Å². The second-order valence-electron chi connectivity index (χ2n) is 10.8. The summed E-state index contributed by atoms with van der Waals surface area (Å²) in [6.45, 7) is 0. The molecular formula is C36H18N4. The van der Waals surface area contributed by atoms with Gasteiger partial charge in [-0.1, -0.05) is 48.5 Å². The van der Waals surface area contributed by atoms with Gasteiger partial charge in [-0.05, 0) is 92.3 Å². The monoisotopic (exact) mass is 506 g/mol. The number of nitriles is 2. The van der Waals surface area contributed by atoms with Gasteiger partial charge in [0.2, 0.25) is 0 Å². The maximum absolute atomic E-state index is 9.68. The second-order valence-corrected chi connectivity index (χ2v) is 10.8. The van der Waals surface area contributed by atoms with Crippen LogP contribution in [0.5, 0.6) is 0 Å². The summed E-state index contributed by atoms with van der Waals surface area (Å²) >= 11 is 0. The van der Waals surface area contributed by atoms with Crippen LogP contribution < -0.4 is 0 Å². The molecule has 1 aromatic heterocycles. The van der Waals surface area contributed by atoms with Crippen molar-refractivity contribution >= 4 is 43.4 Å². The fraction of sp³-hybridized carbons (Fsp3) is 0.0556. The van der Waals surface area contributed by atoms with E-state index in [0.717, 1.165) is 54.7 Å². The van der Waals surface area contributed by atoms with E-state index in [1.165, 1.54) is 22.3 Å². The molecule has 0 saturated carbocycles. The van der Waals surface area contributed by atoms with Gasteiger partial charge in [-0.15, -0.1) is 0 Å². The fourth-order valence-corrected chi connectivity index (χ4v) is 7.04. The van der Waals surface area contributed by atoms with Gasteiger partial charge in [0.15, 0.2) is 0 Å². The zero-order chi connectivity index (χ0) is 26.5. The zero-order valence-corrected chi connectivity index (χ0v) is 21.2. The maximum Gasteiger partial charge on any atom is 0.0998 e. The Kier molecular flexibility index (Phi) is 4.01. The Morgan fingerprint density at radius 2 is 0.850 bits per heavy atom. The highest BCUT2D eigenvalue weighted by Crippen LogP contribution is 2.54. The van der Waals surface area contributed by atoms with Gasteiger partial charge in [-0.25, -0.2) is 9.97 Å². The number of benzene rings is 6. The van der Waals surface area contributed by atoms with Gasteiger partial charge >= 0.3 is 0 Å². The first-order chi connectivity index (χ1) is 19.7. The molecule has 0 aliphatic heterocycles. The third-order valence-electron chi connectivity index (χ3n) is 8.79. The minimum absolute atomic E-state index is 0.0849. The molecule has 0 N–H and O–H groups in total. The van der Waals surface area contributed by atoms with Crippen molar-refractivity contribution < 1.29 is 0 Å². The van der Waals surface area contributed by atoms with Crippen LogP contribution in [0.2, 0.25) is 0 Å². The van der Waals surface area contributed by atoms with Crippen molar-refractivity contribution in [2.24, 2.45) is 0 Å². The highest BCUT2D eigenvalue weighted by atomic mass is 14.9. The Morgan fingerprint density at radius 3 is 1.23 bits per heavy atom. The molecule has 7 aromatic rings. The molecule has 3 aliphatic carbocycles. The molecule has 0 spiro atoms. The first-order valence-corrected chi connectivity index (χ1v) is 13.4. The lowest BCUT2D eigenvalue weighted by molar-refractivity contribution is 0.709. The van der Waals surface area contributed by atoms with Crippen LogP contribution in [0.4, 0.5) is 0 Å². The van der Waals surface area contributed by atoms with E-state index in [9.17, 15) is 10.5 Å². The Bertz CT molecular complexity index is 2160. The molecule has 0 amide bonds. The van der Waals surface area contributed by atoms with Crippen molar-refractivity contribution in [3.63, 3.8) is 0 Å². The van der Waals surface area contributed by atoms with E-state index < -0.39 is 0 Å². The molecule has 0 unspecified atom stereocenters. The van der Waals surface area contributed by atoms with E-state index in [1.54, 1.807) is 12.1 Å². The predicted molar refractivity (Wildman–Crippen MR) is 156 cm³/mol. The average Bonchev–Trinajstić information content (AvgIpc) is 3.00. The summed E-state index contributed by atoms with van der Waals surface area (Å²) < 4.78 is 0. The van der Waals surface area contributed by atoms with Crippen LogP contribution in [0.25, 0.3) is 43.4 Å². The SMILES string of the molecule is N#Cc1ccc(C#N)c2cc3cc4cc5nc6c(nc5cc4cc3cc12)C1c2ccccc2C6c2ccccc21. The van der Waals surface area contributed by atoms with Crippen LogP contribution >= 0.6 is 0 Å². The summed E-state index contributed by atoms with van der Waals surface area (Å²) in [6.07, 6.45) is 0. The molecule has 0 radical (unpaired) electrons. The van der Waals surface area contributed by atoms with Gasteiger partial charge in [0.05, 0.1) is 57.5 Å². The number of hydrogen-bond acceptors (Lipinski definition) is 4. The summed E-state index contributed by atoms with van der Waals surface area (Å²) in [6, 6.07) is 38.1. The molecule has 6 aromatic carbocycles. The highest BCUT2D eigenvalue weighted by Gasteiger charge is 2.43. The van der Waals surface area contributed by atoms with Crippen LogP contribution in [0, 0.1) is 22.7 Å². The zero-order valence-electron chi connectivity index (χ0n) is 21.2. The van der Waals surface area contributed by atoms with Gasteiger partial charge < -0.3 is 0 Å². The molecular weight excluding hydrogens is 488 g/mol. The minimum Gasteiger partial charge on any atom is -0.248 e. The first kappa shape index (κ1) is 21.4. The summed E-state index contributed by atoms with van der Waals surface area (Å²) in [7, 11) is 0. The number of aromatic nitrogens is 2. The van der Waals surface area contributed by atoms with Crippen LogP contribution in [0.15, 0.2) is 97.1 Å². The van der Waals surface area contributed by atoms with Gasteiger partial charge in [0, 0.05) is 10.8 Å². The van der Waals surface area contributed by atoms with Crippen LogP contribution in [0.1, 0.15) is 56.6 Å². The third-order valence-corrected chi connectivity index (χ3v) is 8.79. The van der Waals surface area contributed by atoms with Crippen molar-refractivity contribution in [1.82, 2.24) is 9.97 Å². The van der Waals surface area contributed by atoms with Crippen molar-refractivity contribution in [2.45, 2.75) is 11.8 Å². The number of fused-ring (bicyclic) bond motifs is 4. The van der Waals surface area contributed by atoms with Gasteiger partial charge in [0.25, 0.3) is 0 Å². The van der Waals surface area contributed by atoms with E-state index in [4.69, 9.17) is 9.97 Å². The number of rotatable bonds is 0. The number of hydrogen-bond donors (Lipinski definition) is 0. The molecule has 40 heavy (non-hydrogen) atoms. The average molecular weight is 507 g/mol. The molecule has 3 aliphatic rings. The summed E-state index contributed by atoms with van der Waals surface area (Å²) in [5.74, 6) is 0.170. The van der Waals surface area contributed by atoms with Crippen LogP contribution in [0.3, 0.4) is 0 Å². The van der Waals surface area contributed by atoms with Gasteiger partial charge in [-0.3, -0.25) is 0 Å².